The number of pyridine rings is 1. The first-order valence-corrected chi connectivity index (χ1v) is 12.4. The summed E-state index contributed by atoms with van der Waals surface area (Å²) in [6.07, 6.45) is 1.83. The van der Waals surface area contributed by atoms with Crippen molar-refractivity contribution >= 4 is 25.8 Å². The Kier molecular flexibility index (Phi) is 4.23. The Hall–Kier alpha value is -3.55. The van der Waals surface area contributed by atoms with E-state index in [4.69, 9.17) is 18.3 Å². The van der Waals surface area contributed by atoms with Crippen molar-refractivity contribution in [3.63, 3.8) is 0 Å². The second kappa shape index (κ2) is 7.02. The van der Waals surface area contributed by atoms with Crippen molar-refractivity contribution in [2.24, 2.45) is 5.92 Å². The van der Waals surface area contributed by atoms with Gasteiger partial charge < -0.3 is 9.84 Å². The number of phosphoric ester groups is 1. The number of ether oxygens (including phenoxy) is 1. The van der Waals surface area contributed by atoms with Crippen molar-refractivity contribution in [3.05, 3.63) is 48.9 Å². The number of phosphoric acid groups is 1. The van der Waals surface area contributed by atoms with Gasteiger partial charge in [0.05, 0.1) is 5.69 Å². The summed E-state index contributed by atoms with van der Waals surface area (Å²) in [4.78, 5) is 19.2. The smallest absolute Gasteiger partial charge is 0.405 e. The number of halogens is 1. The third kappa shape index (κ3) is 2.78. The van der Waals surface area contributed by atoms with E-state index in [1.165, 1.54) is 29.3 Å². The lowest BCUT2D eigenvalue weighted by atomic mass is 10.0. The number of carbonyl (C=O) groups is 1. The van der Waals surface area contributed by atoms with Gasteiger partial charge in [-0.3, -0.25) is 4.98 Å². The Bertz CT molecular complexity index is 1480. The zero-order valence-electron chi connectivity index (χ0n) is 18.2. The molecule has 15 heteroatoms. The number of aliphatic hydroxyl groups excluding tert-OH is 1. The van der Waals surface area contributed by atoms with Gasteiger partial charge in [0.15, 0.2) is 0 Å². The molecule has 4 saturated heterocycles. The van der Waals surface area contributed by atoms with Crippen molar-refractivity contribution in [1.29, 1.82) is 0 Å². The Morgan fingerprint density at radius 1 is 1.25 bits per heavy atom. The van der Waals surface area contributed by atoms with E-state index in [9.17, 15) is 14.5 Å². The number of nitrogens with zero attached hydrogens (tertiary/aromatic N) is 6. The van der Waals surface area contributed by atoms with Crippen molar-refractivity contribution < 1.29 is 37.2 Å². The largest absolute Gasteiger partial charge is 0.486 e. The van der Waals surface area contributed by atoms with Crippen molar-refractivity contribution in [2.75, 3.05) is 4.90 Å². The Morgan fingerprint density at radius 2 is 2.06 bits per heavy atom. The van der Waals surface area contributed by atoms with Gasteiger partial charge in [-0.05, 0) is 48.2 Å². The molecule has 1 aromatic carbocycles. The summed E-state index contributed by atoms with van der Waals surface area (Å²) in [7, 11) is -4.00. The number of carbonyl (C=O) groups excluding carboxylic acids is 1. The van der Waals surface area contributed by atoms with Crippen LogP contribution in [0.3, 0.4) is 0 Å². The number of amides is 1. The lowest BCUT2D eigenvalue weighted by molar-refractivity contribution is -0.284. The fraction of sp³-hybridized carbons (Fsp3) is 0.286. The Balaban J connectivity index is 1.21. The van der Waals surface area contributed by atoms with Gasteiger partial charge in [-0.25, -0.2) is 32.2 Å². The molecule has 3 aromatic rings. The lowest BCUT2D eigenvalue weighted by Crippen LogP contribution is -2.64. The van der Waals surface area contributed by atoms with Crippen LogP contribution < -0.4 is 4.90 Å². The quantitative estimate of drug-likeness (QED) is 0.484. The Morgan fingerprint density at radius 3 is 2.69 bits per heavy atom. The molecular formula is C21H16FN6O7P. The van der Waals surface area contributed by atoms with Gasteiger partial charge in [0.2, 0.25) is 5.82 Å². The standard InChI is InChI=1S/C21H16FN6O7P/c1-2-27-25-18(24-26-27)16-8-5-12(10-23-16)14-7-6-13(9-15(14)22)28-19(30)32-20(17(29)11-3-4-11)21(28)34-36(31,33-20)35-21/h2,5-11,17,29H,1,3-4H2/t17-,20-,21?,36?/m1/s1. The maximum atomic E-state index is 15.3. The molecule has 6 heterocycles. The molecule has 1 aliphatic carbocycles. The van der Waals surface area contributed by atoms with Crippen LogP contribution >= 0.6 is 7.82 Å². The molecule has 2 aromatic heterocycles. The van der Waals surface area contributed by atoms with E-state index in [0.29, 0.717) is 24.1 Å². The summed E-state index contributed by atoms with van der Waals surface area (Å²) in [5, 5.41) is 22.5. The van der Waals surface area contributed by atoms with E-state index in [1.807, 2.05) is 0 Å². The molecule has 36 heavy (non-hydrogen) atoms. The molecule has 184 valence electrons. The highest BCUT2D eigenvalue weighted by molar-refractivity contribution is 7.50. The van der Waals surface area contributed by atoms with Gasteiger partial charge in [-0.15, -0.1) is 15.0 Å². The number of benzene rings is 1. The van der Waals surface area contributed by atoms with Crippen LogP contribution in [0.1, 0.15) is 12.8 Å². The minimum Gasteiger partial charge on any atom is -0.405 e. The fourth-order valence-corrected chi connectivity index (χ4v) is 6.29. The number of anilines is 1. The normalized spacial score (nSPS) is 31.1. The summed E-state index contributed by atoms with van der Waals surface area (Å²) in [5.74, 6) is -4.90. The van der Waals surface area contributed by atoms with Crippen LogP contribution in [-0.4, -0.2) is 54.2 Å². The van der Waals surface area contributed by atoms with Crippen LogP contribution in [0.15, 0.2) is 43.1 Å². The predicted molar refractivity (Wildman–Crippen MR) is 117 cm³/mol. The van der Waals surface area contributed by atoms with Crippen molar-refractivity contribution in [3.8, 4) is 22.6 Å². The molecule has 2 bridgehead atoms. The summed E-state index contributed by atoms with van der Waals surface area (Å²) in [5.41, 5.74) is 1.07. The number of aliphatic hydroxyl groups is 1. The number of hydrogen-bond acceptors (Lipinski definition) is 11. The number of aromatic nitrogens is 5. The van der Waals surface area contributed by atoms with Gasteiger partial charge in [-0.2, -0.15) is 0 Å². The first-order valence-electron chi connectivity index (χ1n) is 10.9. The first kappa shape index (κ1) is 21.7. The third-order valence-corrected chi connectivity index (χ3v) is 7.88. The molecular weight excluding hydrogens is 498 g/mol. The lowest BCUT2D eigenvalue weighted by Gasteiger charge is -2.40. The molecule has 1 saturated carbocycles. The van der Waals surface area contributed by atoms with Crippen LogP contribution in [0.2, 0.25) is 0 Å². The highest BCUT2D eigenvalue weighted by Gasteiger charge is 2.91. The average molecular weight is 514 g/mol. The van der Waals surface area contributed by atoms with Crippen LogP contribution in [0.5, 0.6) is 0 Å². The number of rotatable bonds is 6. The molecule has 1 spiro atoms. The van der Waals surface area contributed by atoms with E-state index in [0.717, 1.165) is 11.0 Å². The predicted octanol–water partition coefficient (Wildman–Crippen LogP) is 2.90. The van der Waals surface area contributed by atoms with Gasteiger partial charge in [0.25, 0.3) is 0 Å². The van der Waals surface area contributed by atoms with Crippen LogP contribution in [0, 0.1) is 11.7 Å². The molecule has 13 nitrogen and oxygen atoms in total. The maximum Gasteiger partial charge on any atom is 0.486 e. The van der Waals surface area contributed by atoms with Gasteiger partial charge in [0.1, 0.15) is 17.6 Å². The minimum absolute atomic E-state index is 0.00214. The van der Waals surface area contributed by atoms with Gasteiger partial charge in [-0.1, -0.05) is 12.6 Å². The molecule has 2 atom stereocenters. The van der Waals surface area contributed by atoms with Crippen LogP contribution in [-0.2, 0) is 22.9 Å². The molecule has 1 amide bonds. The van der Waals surface area contributed by atoms with E-state index in [-0.39, 0.29) is 23.0 Å². The topological polar surface area (TPSA) is 151 Å². The van der Waals surface area contributed by atoms with Gasteiger partial charge >= 0.3 is 25.6 Å². The molecule has 8 rings (SSSR count). The second-order valence-electron chi connectivity index (χ2n) is 8.67. The third-order valence-electron chi connectivity index (χ3n) is 6.44. The van der Waals surface area contributed by atoms with E-state index in [2.05, 4.69) is 27.0 Å². The highest BCUT2D eigenvalue weighted by Crippen LogP contribution is 2.81. The highest BCUT2D eigenvalue weighted by atomic mass is 31.2. The summed E-state index contributed by atoms with van der Waals surface area (Å²) < 4.78 is 49.2. The van der Waals surface area contributed by atoms with E-state index in [1.54, 1.807) is 12.1 Å². The van der Waals surface area contributed by atoms with Crippen LogP contribution in [0.25, 0.3) is 28.8 Å². The summed E-state index contributed by atoms with van der Waals surface area (Å²) in [6, 6.07) is 7.19. The maximum absolute atomic E-state index is 15.3. The first-order chi connectivity index (χ1) is 17.3. The zero-order valence-corrected chi connectivity index (χ0v) is 19.1. The SMILES string of the molecule is C=Cn1nnc(-c2ccc(-c3ccc(N4C(=O)O[C@]5([C@H](O)C6CC6)OP6(=O)OC45O6)cc3F)cn2)n1. The molecule has 0 unspecified atom stereocenters. The number of tetrazole rings is 1. The molecule has 5 aliphatic rings. The molecule has 1 N–H and O–H groups in total. The Labute approximate surface area is 201 Å². The number of hydrogen-bond donors (Lipinski definition) is 1. The fourth-order valence-electron chi connectivity index (χ4n) is 4.58. The van der Waals surface area contributed by atoms with E-state index < -0.39 is 37.5 Å². The average Bonchev–Trinajstić information content (AvgIpc) is 3.36. The van der Waals surface area contributed by atoms with E-state index >= 15 is 4.39 Å². The van der Waals surface area contributed by atoms with Crippen molar-refractivity contribution in [1.82, 2.24) is 25.2 Å². The summed E-state index contributed by atoms with van der Waals surface area (Å²) in [6.45, 7) is 3.55. The second-order valence-corrected chi connectivity index (χ2v) is 10.1. The monoisotopic (exact) mass is 514 g/mol. The molecule has 4 aliphatic heterocycles. The van der Waals surface area contributed by atoms with Crippen molar-refractivity contribution in [2.45, 2.75) is 30.6 Å². The minimum atomic E-state index is -4.00. The van der Waals surface area contributed by atoms with Crippen LogP contribution in [0.4, 0.5) is 14.9 Å². The molecule has 0 radical (unpaired) electrons. The zero-order chi connectivity index (χ0) is 24.9. The van der Waals surface area contributed by atoms with Gasteiger partial charge in [0, 0.05) is 23.5 Å². The molecule has 5 fully saturated rings. The summed E-state index contributed by atoms with van der Waals surface area (Å²) >= 11 is 0.